The molecule has 0 bridgehead atoms. The number of benzene rings is 1. The van der Waals surface area contributed by atoms with Crippen molar-refractivity contribution in [3.63, 3.8) is 0 Å². The number of aliphatic imine (C=N–C) groups is 1. The molecule has 3 aromatic rings. The minimum atomic E-state index is -0.541. The lowest BCUT2D eigenvalue weighted by atomic mass is 9.85. The van der Waals surface area contributed by atoms with E-state index in [-0.39, 0.29) is 39.9 Å². The van der Waals surface area contributed by atoms with Crippen LogP contribution in [0.25, 0.3) is 10.9 Å². The topological polar surface area (TPSA) is 171 Å². The summed E-state index contributed by atoms with van der Waals surface area (Å²) in [5, 5.41) is 3.58. The van der Waals surface area contributed by atoms with Crippen LogP contribution in [0.2, 0.25) is 5.15 Å². The van der Waals surface area contributed by atoms with E-state index in [0.29, 0.717) is 63.1 Å². The van der Waals surface area contributed by atoms with Crippen LogP contribution in [0.3, 0.4) is 0 Å². The molecule has 40 heavy (non-hydrogen) atoms. The summed E-state index contributed by atoms with van der Waals surface area (Å²) >= 11 is 5.90. The van der Waals surface area contributed by atoms with Gasteiger partial charge in [0.25, 0.3) is 11.8 Å². The van der Waals surface area contributed by atoms with E-state index in [9.17, 15) is 14.4 Å². The first-order chi connectivity index (χ1) is 19.2. The van der Waals surface area contributed by atoms with E-state index in [1.807, 2.05) is 35.4 Å². The van der Waals surface area contributed by atoms with Crippen molar-refractivity contribution in [1.29, 1.82) is 0 Å². The van der Waals surface area contributed by atoms with E-state index in [1.54, 1.807) is 0 Å². The maximum atomic E-state index is 13.5. The van der Waals surface area contributed by atoms with Crippen LogP contribution in [0, 0.1) is 0 Å². The molecule has 1 fully saturated rings. The van der Waals surface area contributed by atoms with Gasteiger partial charge in [0, 0.05) is 55.1 Å². The molecule has 5 N–H and O–H groups in total. The molecule has 0 radical (unpaired) electrons. The highest BCUT2D eigenvalue weighted by molar-refractivity contribution is 6.31. The van der Waals surface area contributed by atoms with Crippen molar-refractivity contribution in [3.05, 3.63) is 46.9 Å². The van der Waals surface area contributed by atoms with Gasteiger partial charge >= 0.3 is 5.97 Å². The number of methoxy groups -OCH3 is 1. The molecule has 13 heteroatoms. The molecule has 12 nitrogen and oxygen atoms in total. The predicted molar refractivity (Wildman–Crippen MR) is 151 cm³/mol. The number of carbonyl (C=O) groups excluding carboxylic acids is 3. The summed E-state index contributed by atoms with van der Waals surface area (Å²) in [4.78, 5) is 52.2. The van der Waals surface area contributed by atoms with Crippen LogP contribution in [-0.2, 0) is 16.1 Å². The van der Waals surface area contributed by atoms with Gasteiger partial charge in [0.15, 0.2) is 22.5 Å². The number of halogens is 1. The number of hydrogen-bond donors (Lipinski definition) is 3. The number of esters is 1. The van der Waals surface area contributed by atoms with Gasteiger partial charge in [-0.15, -0.1) is 0 Å². The number of nitrogens with one attached hydrogen (secondary N) is 1. The molecule has 0 aliphatic carbocycles. The maximum absolute atomic E-state index is 13.5. The molecular weight excluding hydrogens is 536 g/mol. The number of nitrogens with zero attached hydrogens (tertiary/aromatic N) is 5. The molecule has 0 saturated carbocycles. The van der Waals surface area contributed by atoms with Crippen LogP contribution >= 0.6 is 11.6 Å². The summed E-state index contributed by atoms with van der Waals surface area (Å²) in [5.41, 5.74) is 12.6. The molecule has 0 unspecified atom stereocenters. The third-order valence-corrected chi connectivity index (χ3v) is 7.89. The second-order valence-electron chi connectivity index (χ2n) is 10.1. The molecule has 5 rings (SSSR count). The van der Waals surface area contributed by atoms with Crippen molar-refractivity contribution in [3.8, 4) is 0 Å². The van der Waals surface area contributed by atoms with Crippen LogP contribution in [0.4, 0.5) is 11.6 Å². The number of amidine groups is 1. The molecule has 2 aliphatic rings. The van der Waals surface area contributed by atoms with Gasteiger partial charge in [-0.1, -0.05) is 17.7 Å². The zero-order valence-electron chi connectivity index (χ0n) is 22.2. The SMILES string of the molecule is COC(=O)CCCn1ccc2c(C(=O)N3CCC4(CCC(NC(=O)c5nc(Cl)c(N)nc5N)=N4)CC3)cccc21. The zero-order chi connectivity index (χ0) is 28.4. The van der Waals surface area contributed by atoms with Gasteiger partial charge < -0.3 is 31.0 Å². The van der Waals surface area contributed by atoms with E-state index in [2.05, 4.69) is 19.9 Å². The van der Waals surface area contributed by atoms with Crippen LogP contribution < -0.4 is 16.8 Å². The standard InChI is InChI=1S/C27H31ClN8O4/c1-40-20(37)6-3-12-35-13-8-16-17(4-2-5-18(16)35)26(39)36-14-10-27(11-15-36)9-7-19(34-27)31-25(38)21-23(29)33-24(30)22(28)32-21/h2,4-5,8,13H,3,6-7,9-12,14-15H2,1H3,(H4,29,30,33)(H,31,34,38). The second-order valence-corrected chi connectivity index (χ2v) is 10.4. The number of anilines is 2. The highest BCUT2D eigenvalue weighted by atomic mass is 35.5. The Kier molecular flexibility index (Phi) is 7.61. The number of amides is 2. The second kappa shape index (κ2) is 11.1. The summed E-state index contributed by atoms with van der Waals surface area (Å²) < 4.78 is 6.78. The zero-order valence-corrected chi connectivity index (χ0v) is 22.9. The van der Waals surface area contributed by atoms with Crippen molar-refractivity contribution >= 4 is 57.8 Å². The fourth-order valence-corrected chi connectivity index (χ4v) is 5.52. The molecule has 1 spiro atoms. The van der Waals surface area contributed by atoms with Gasteiger partial charge in [-0.2, -0.15) is 0 Å². The van der Waals surface area contributed by atoms with Crippen molar-refractivity contribution in [2.45, 2.75) is 50.6 Å². The molecule has 1 saturated heterocycles. The fraction of sp³-hybridized carbons (Fsp3) is 0.407. The smallest absolute Gasteiger partial charge is 0.305 e. The molecule has 1 aromatic carbocycles. The van der Waals surface area contributed by atoms with E-state index >= 15 is 0 Å². The lowest BCUT2D eigenvalue weighted by Crippen LogP contribution is -2.45. The number of likely N-dealkylation sites (tertiary alicyclic amines) is 1. The predicted octanol–water partition coefficient (Wildman–Crippen LogP) is 2.80. The van der Waals surface area contributed by atoms with Crippen LogP contribution in [0.1, 0.15) is 59.4 Å². The number of piperidine rings is 1. The number of nitrogen functional groups attached to an aromatic ring is 2. The van der Waals surface area contributed by atoms with Crippen LogP contribution in [0.5, 0.6) is 0 Å². The largest absolute Gasteiger partial charge is 0.469 e. The number of hydrogen-bond acceptors (Lipinski definition) is 9. The molecule has 2 aromatic heterocycles. The molecular formula is C27H31ClN8O4. The first-order valence-corrected chi connectivity index (χ1v) is 13.5. The van der Waals surface area contributed by atoms with E-state index in [1.165, 1.54) is 7.11 Å². The Morgan fingerprint density at radius 3 is 2.62 bits per heavy atom. The van der Waals surface area contributed by atoms with E-state index < -0.39 is 5.91 Å². The first kappa shape index (κ1) is 27.4. The van der Waals surface area contributed by atoms with Crippen molar-refractivity contribution < 1.29 is 19.1 Å². The summed E-state index contributed by atoms with van der Waals surface area (Å²) in [6.45, 7) is 1.78. The average Bonchev–Trinajstić information content (AvgIpc) is 3.54. The van der Waals surface area contributed by atoms with Crippen LogP contribution in [-0.4, -0.2) is 68.8 Å². The molecule has 2 amide bonds. The summed E-state index contributed by atoms with van der Waals surface area (Å²) in [6, 6.07) is 7.68. The van der Waals surface area contributed by atoms with Gasteiger partial charge in [-0.3, -0.25) is 19.4 Å². The highest BCUT2D eigenvalue weighted by Crippen LogP contribution is 2.36. The summed E-state index contributed by atoms with van der Waals surface area (Å²) in [5.74, 6) is -0.387. The lowest BCUT2D eigenvalue weighted by molar-refractivity contribution is -0.140. The monoisotopic (exact) mass is 566 g/mol. The minimum absolute atomic E-state index is 0.0162. The Balaban J connectivity index is 1.22. The summed E-state index contributed by atoms with van der Waals surface area (Å²) in [7, 11) is 1.38. The average molecular weight is 567 g/mol. The molecule has 2 aliphatic heterocycles. The number of nitrogens with two attached hydrogens (primary N) is 2. The van der Waals surface area contributed by atoms with Gasteiger partial charge in [-0.25, -0.2) is 9.97 Å². The van der Waals surface area contributed by atoms with Crippen LogP contribution in [0.15, 0.2) is 35.5 Å². The Morgan fingerprint density at radius 1 is 1.10 bits per heavy atom. The van der Waals surface area contributed by atoms with Gasteiger partial charge in [0.1, 0.15) is 5.84 Å². The third kappa shape index (κ3) is 5.44. The number of fused-ring (bicyclic) bond motifs is 1. The quantitative estimate of drug-likeness (QED) is 0.382. The van der Waals surface area contributed by atoms with Crippen molar-refractivity contribution in [1.82, 2.24) is 24.8 Å². The number of aryl methyl sites for hydroxylation is 1. The number of ether oxygens (including phenoxy) is 1. The number of carbonyl (C=O) groups is 3. The Hall–Kier alpha value is -4.19. The van der Waals surface area contributed by atoms with Crippen molar-refractivity contribution in [2.24, 2.45) is 4.99 Å². The lowest BCUT2D eigenvalue weighted by Gasteiger charge is -2.37. The Bertz CT molecular complexity index is 1510. The van der Waals surface area contributed by atoms with Gasteiger partial charge in [0.2, 0.25) is 0 Å². The Labute approximate surface area is 235 Å². The Morgan fingerprint density at radius 2 is 1.88 bits per heavy atom. The van der Waals surface area contributed by atoms with Gasteiger partial charge in [0.05, 0.1) is 12.6 Å². The molecule has 4 heterocycles. The maximum Gasteiger partial charge on any atom is 0.305 e. The normalized spacial score (nSPS) is 16.2. The number of aromatic nitrogens is 3. The minimum Gasteiger partial charge on any atom is -0.469 e. The first-order valence-electron chi connectivity index (χ1n) is 13.1. The van der Waals surface area contributed by atoms with E-state index in [4.69, 9.17) is 32.8 Å². The molecule has 210 valence electrons. The summed E-state index contributed by atoms with van der Waals surface area (Å²) in [6.07, 6.45) is 5.70. The van der Waals surface area contributed by atoms with E-state index in [0.717, 1.165) is 17.3 Å². The highest BCUT2D eigenvalue weighted by Gasteiger charge is 2.40. The third-order valence-electron chi connectivity index (χ3n) is 7.61. The van der Waals surface area contributed by atoms with Crippen molar-refractivity contribution in [2.75, 3.05) is 31.7 Å². The van der Waals surface area contributed by atoms with Gasteiger partial charge in [-0.05, 0) is 43.9 Å². The fourth-order valence-electron chi connectivity index (χ4n) is 5.40. The number of rotatable bonds is 6. The molecule has 0 atom stereocenters.